The molecule has 1 rings (SSSR count). The first-order valence-electron chi connectivity index (χ1n) is 12.3. The molecule has 168 valence electrons. The van der Waals surface area contributed by atoms with Crippen LogP contribution in [0.15, 0.2) is 24.3 Å². The van der Waals surface area contributed by atoms with Crippen LogP contribution in [0.2, 0.25) is 31.4 Å². The van der Waals surface area contributed by atoms with Gasteiger partial charge < -0.3 is 0 Å². The summed E-state index contributed by atoms with van der Waals surface area (Å²) in [7, 11) is -1.63. The Bertz CT molecular complexity index is 537. The van der Waals surface area contributed by atoms with Crippen molar-refractivity contribution in [1.82, 2.24) is 0 Å². The molecule has 0 atom stereocenters. The SMILES string of the molecule is CCC[CH2][Sn]([CH2]CCC)([CH2]CCC)[c]1ccc(CCO[Si](C)(C)C(C)(C)C)cc1. The van der Waals surface area contributed by atoms with Crippen molar-refractivity contribution in [2.24, 2.45) is 0 Å². The summed E-state index contributed by atoms with van der Waals surface area (Å²) >= 11 is -2.27. The van der Waals surface area contributed by atoms with Crippen LogP contribution in [0.25, 0.3) is 0 Å². The summed E-state index contributed by atoms with van der Waals surface area (Å²) in [5.74, 6) is 0. The van der Waals surface area contributed by atoms with Gasteiger partial charge in [-0.2, -0.15) is 0 Å². The van der Waals surface area contributed by atoms with Gasteiger partial charge >= 0.3 is 189 Å². The molecule has 0 fully saturated rings. The minimum atomic E-state index is -2.27. The fourth-order valence-corrected chi connectivity index (χ4v) is 21.0. The molecule has 0 aliphatic rings. The summed E-state index contributed by atoms with van der Waals surface area (Å²) in [6.45, 7) is 19.6. The van der Waals surface area contributed by atoms with Gasteiger partial charge in [-0.1, -0.05) is 0 Å². The van der Waals surface area contributed by atoms with Crippen molar-refractivity contribution >= 4 is 30.3 Å². The second-order valence-corrected chi connectivity index (χ2v) is 28.7. The molecule has 1 nitrogen and oxygen atoms in total. The molecular formula is C26H50OSiSn. The molecule has 0 radical (unpaired) electrons. The predicted molar refractivity (Wildman–Crippen MR) is 138 cm³/mol. The zero-order chi connectivity index (χ0) is 22.0. The van der Waals surface area contributed by atoms with E-state index >= 15 is 0 Å². The summed E-state index contributed by atoms with van der Waals surface area (Å²) in [6.07, 6.45) is 9.40. The zero-order valence-electron chi connectivity index (χ0n) is 21.0. The van der Waals surface area contributed by atoms with E-state index in [9.17, 15) is 0 Å². The molecule has 0 unspecified atom stereocenters. The molecule has 1 aromatic rings. The number of unbranched alkanes of at least 4 members (excludes halogenated alkanes) is 3. The average molecular weight is 525 g/mol. The van der Waals surface area contributed by atoms with Gasteiger partial charge in [-0.25, -0.2) is 0 Å². The van der Waals surface area contributed by atoms with Gasteiger partial charge in [-0.15, -0.1) is 0 Å². The molecule has 0 saturated carbocycles. The maximum atomic E-state index is 6.41. The minimum absolute atomic E-state index is 0.294. The van der Waals surface area contributed by atoms with Crippen LogP contribution in [0.1, 0.15) is 85.6 Å². The Hall–Kier alpha value is 0.196. The number of hydrogen-bond acceptors (Lipinski definition) is 1. The Balaban J connectivity index is 2.88. The van der Waals surface area contributed by atoms with Crippen molar-refractivity contribution in [3.05, 3.63) is 29.8 Å². The first-order chi connectivity index (χ1) is 13.6. The van der Waals surface area contributed by atoms with Crippen molar-refractivity contribution in [1.29, 1.82) is 0 Å². The maximum absolute atomic E-state index is 6.41. The van der Waals surface area contributed by atoms with Crippen molar-refractivity contribution in [3.8, 4) is 0 Å². The Morgan fingerprint density at radius 1 is 0.793 bits per heavy atom. The Kier molecular flexibility index (Phi) is 12.1. The van der Waals surface area contributed by atoms with E-state index in [1.165, 1.54) is 44.1 Å². The van der Waals surface area contributed by atoms with Crippen LogP contribution < -0.4 is 3.58 Å². The second kappa shape index (κ2) is 12.9. The van der Waals surface area contributed by atoms with Gasteiger partial charge in [0, 0.05) is 0 Å². The summed E-state index contributed by atoms with van der Waals surface area (Å²) in [5.41, 5.74) is 1.45. The molecule has 0 saturated heterocycles. The van der Waals surface area contributed by atoms with Crippen LogP contribution in [-0.4, -0.2) is 33.3 Å². The van der Waals surface area contributed by atoms with Crippen molar-refractivity contribution < 1.29 is 4.43 Å². The van der Waals surface area contributed by atoms with E-state index in [0.29, 0.717) is 5.04 Å². The summed E-state index contributed by atoms with van der Waals surface area (Å²) < 4.78 is 12.9. The van der Waals surface area contributed by atoms with Gasteiger partial charge in [-0.05, 0) is 0 Å². The molecule has 29 heavy (non-hydrogen) atoms. The molecule has 0 aliphatic heterocycles. The number of benzene rings is 1. The molecule has 0 bridgehead atoms. The third-order valence-corrected chi connectivity index (χ3v) is 27.5. The van der Waals surface area contributed by atoms with Crippen molar-refractivity contribution in [3.63, 3.8) is 0 Å². The summed E-state index contributed by atoms with van der Waals surface area (Å²) in [6, 6.07) is 9.94. The van der Waals surface area contributed by atoms with E-state index in [1.54, 1.807) is 16.9 Å². The van der Waals surface area contributed by atoms with Crippen LogP contribution in [0.3, 0.4) is 0 Å². The number of rotatable bonds is 14. The van der Waals surface area contributed by atoms with Gasteiger partial charge in [0.1, 0.15) is 0 Å². The van der Waals surface area contributed by atoms with Crippen LogP contribution >= 0.6 is 0 Å². The van der Waals surface area contributed by atoms with Crippen LogP contribution in [0, 0.1) is 0 Å². The topological polar surface area (TPSA) is 9.23 Å². The van der Waals surface area contributed by atoms with E-state index in [0.717, 1.165) is 13.0 Å². The molecule has 0 aromatic heterocycles. The quantitative estimate of drug-likeness (QED) is 0.222. The first-order valence-corrected chi connectivity index (χ1v) is 22.7. The average Bonchev–Trinajstić information content (AvgIpc) is 2.67. The van der Waals surface area contributed by atoms with Gasteiger partial charge in [0.2, 0.25) is 0 Å². The molecule has 0 N–H and O–H groups in total. The van der Waals surface area contributed by atoms with E-state index in [4.69, 9.17) is 4.43 Å². The van der Waals surface area contributed by atoms with E-state index in [2.05, 4.69) is 78.9 Å². The third kappa shape index (κ3) is 8.69. The second-order valence-electron chi connectivity index (χ2n) is 10.6. The molecule has 0 aliphatic carbocycles. The molecule has 3 heteroatoms. The fourth-order valence-electron chi connectivity index (χ4n) is 4.02. The monoisotopic (exact) mass is 526 g/mol. The van der Waals surface area contributed by atoms with Gasteiger partial charge in [0.05, 0.1) is 0 Å². The Labute approximate surface area is 188 Å². The van der Waals surface area contributed by atoms with E-state index in [-0.39, 0.29) is 0 Å². The molecule has 0 heterocycles. The van der Waals surface area contributed by atoms with Crippen LogP contribution in [-0.2, 0) is 10.8 Å². The van der Waals surface area contributed by atoms with Crippen molar-refractivity contribution in [2.75, 3.05) is 6.61 Å². The standard InChI is InChI=1S/C14H23OSi.3C4H9.Sn/c1-14(2,3)16(4,5)15-12-11-13-9-7-6-8-10-13;3*1-3-4-2;/h7-10H,11-12H2,1-5H3;3*1,3-4H2,2H3;. The normalized spacial score (nSPS) is 13.1. The van der Waals surface area contributed by atoms with Crippen LogP contribution in [0.4, 0.5) is 0 Å². The van der Waals surface area contributed by atoms with Gasteiger partial charge in [0.15, 0.2) is 0 Å². The van der Waals surface area contributed by atoms with E-state index in [1.807, 2.05) is 0 Å². The van der Waals surface area contributed by atoms with Crippen LogP contribution in [0.5, 0.6) is 0 Å². The molecule has 0 spiro atoms. The molecule has 1 aromatic carbocycles. The Morgan fingerprint density at radius 3 is 1.62 bits per heavy atom. The first kappa shape index (κ1) is 27.2. The Morgan fingerprint density at radius 2 is 1.24 bits per heavy atom. The molecule has 0 amide bonds. The zero-order valence-corrected chi connectivity index (χ0v) is 24.8. The summed E-state index contributed by atoms with van der Waals surface area (Å²) in [5, 5.41) is 0.294. The summed E-state index contributed by atoms with van der Waals surface area (Å²) in [4.78, 5) is 0. The fraction of sp³-hybridized carbons (Fsp3) is 0.769. The predicted octanol–water partition coefficient (Wildman–Crippen LogP) is 8.31. The van der Waals surface area contributed by atoms with Crippen molar-refractivity contribution in [2.45, 2.75) is 118 Å². The van der Waals surface area contributed by atoms with Gasteiger partial charge in [-0.3, -0.25) is 0 Å². The number of hydrogen-bond donors (Lipinski definition) is 0. The van der Waals surface area contributed by atoms with E-state index < -0.39 is 26.7 Å². The van der Waals surface area contributed by atoms with Gasteiger partial charge in [0.25, 0.3) is 0 Å². The molecular weight excluding hydrogens is 475 g/mol. The third-order valence-electron chi connectivity index (χ3n) is 7.25.